The molecule has 0 amide bonds. The van der Waals surface area contributed by atoms with Gasteiger partial charge >= 0.3 is 5.97 Å². The summed E-state index contributed by atoms with van der Waals surface area (Å²) >= 11 is 1.42. The first-order valence-electron chi connectivity index (χ1n) is 5.89. The minimum atomic E-state index is -0.902. The van der Waals surface area contributed by atoms with Crippen molar-refractivity contribution in [3.05, 3.63) is 21.9 Å². The maximum atomic E-state index is 10.8. The second-order valence-electron chi connectivity index (χ2n) is 4.51. The molecule has 3 N–H and O–H groups in total. The molecule has 0 aromatic carbocycles. The summed E-state index contributed by atoms with van der Waals surface area (Å²) in [4.78, 5) is 11.7. The maximum absolute atomic E-state index is 10.8. The Morgan fingerprint density at radius 2 is 2.22 bits per heavy atom. The van der Waals surface area contributed by atoms with Gasteiger partial charge in [0.15, 0.2) is 0 Å². The molecule has 2 heterocycles. The van der Waals surface area contributed by atoms with Crippen molar-refractivity contribution in [1.82, 2.24) is 5.32 Å². The zero-order valence-electron chi connectivity index (χ0n) is 10.0. The maximum Gasteiger partial charge on any atom is 0.336 e. The summed E-state index contributed by atoms with van der Waals surface area (Å²) in [6.07, 6.45) is 1.56. The number of nitrogens with one attached hydrogen (secondary N) is 1. The lowest BCUT2D eigenvalue weighted by atomic mass is 9.91. The summed E-state index contributed by atoms with van der Waals surface area (Å²) in [7, 11) is 0. The number of hydrogen-bond donors (Lipinski definition) is 3. The molecule has 0 unspecified atom stereocenters. The van der Waals surface area contributed by atoms with Crippen LogP contribution < -0.4 is 5.32 Å². The van der Waals surface area contributed by atoms with E-state index in [0.717, 1.165) is 17.7 Å². The lowest BCUT2D eigenvalue weighted by molar-refractivity contribution is 0.0113. The molecule has 1 fully saturated rings. The summed E-state index contributed by atoms with van der Waals surface area (Å²) in [6, 6.07) is 1.67. The van der Waals surface area contributed by atoms with E-state index in [0.29, 0.717) is 25.3 Å². The van der Waals surface area contributed by atoms with Gasteiger partial charge in [0.25, 0.3) is 0 Å². The molecule has 1 aromatic rings. The van der Waals surface area contributed by atoms with Crippen molar-refractivity contribution in [2.75, 3.05) is 19.8 Å². The minimum absolute atomic E-state index is 0.0769. The van der Waals surface area contributed by atoms with Gasteiger partial charge in [0.05, 0.1) is 12.2 Å². The first kappa shape index (κ1) is 13.5. The predicted octanol–water partition coefficient (Wildman–Crippen LogP) is 1.08. The van der Waals surface area contributed by atoms with E-state index >= 15 is 0 Å². The van der Waals surface area contributed by atoms with E-state index in [1.54, 1.807) is 11.4 Å². The third-order valence-electron chi connectivity index (χ3n) is 3.29. The van der Waals surface area contributed by atoms with Crippen molar-refractivity contribution >= 4 is 17.3 Å². The van der Waals surface area contributed by atoms with Crippen molar-refractivity contribution < 1.29 is 19.7 Å². The summed E-state index contributed by atoms with van der Waals surface area (Å²) < 4.78 is 5.29. The predicted molar refractivity (Wildman–Crippen MR) is 68.0 cm³/mol. The lowest BCUT2D eigenvalue weighted by Crippen LogP contribution is -2.51. The van der Waals surface area contributed by atoms with Crippen LogP contribution in [0.25, 0.3) is 0 Å². The average Bonchev–Trinajstić information content (AvgIpc) is 2.87. The number of thiophene rings is 1. The molecule has 0 saturated carbocycles. The van der Waals surface area contributed by atoms with Crippen LogP contribution in [0.15, 0.2) is 11.4 Å². The van der Waals surface area contributed by atoms with E-state index in [1.807, 2.05) is 0 Å². The Morgan fingerprint density at radius 3 is 2.78 bits per heavy atom. The van der Waals surface area contributed by atoms with Crippen LogP contribution in [0.2, 0.25) is 0 Å². The van der Waals surface area contributed by atoms with Crippen molar-refractivity contribution in [2.24, 2.45) is 0 Å². The number of carboxylic acid groups (broad SMARTS) is 1. The Kier molecular flexibility index (Phi) is 4.34. The van der Waals surface area contributed by atoms with Gasteiger partial charge < -0.3 is 20.3 Å². The number of aliphatic hydroxyl groups is 1. The van der Waals surface area contributed by atoms with Gasteiger partial charge in [0.2, 0.25) is 0 Å². The fraction of sp³-hybridized carbons (Fsp3) is 0.583. The minimum Gasteiger partial charge on any atom is -0.478 e. The Balaban J connectivity index is 1.94. The molecule has 0 radical (unpaired) electrons. The molecule has 1 aliphatic heterocycles. The second kappa shape index (κ2) is 5.79. The Labute approximate surface area is 109 Å². The first-order valence-corrected chi connectivity index (χ1v) is 6.77. The summed E-state index contributed by atoms with van der Waals surface area (Å²) in [5, 5.41) is 23.3. The van der Waals surface area contributed by atoms with Crippen LogP contribution in [0.3, 0.4) is 0 Å². The number of carboxylic acids is 1. The molecule has 0 aliphatic carbocycles. The van der Waals surface area contributed by atoms with Crippen LogP contribution in [0.4, 0.5) is 0 Å². The standard InChI is InChI=1S/C12H17NO4S/c14-8-12(1-3-17-4-2-12)13-6-10-5-9(7-18-10)11(15)16/h5,7,13-14H,1-4,6,8H2,(H,15,16). The molecule has 1 aromatic heterocycles. The smallest absolute Gasteiger partial charge is 0.336 e. The third-order valence-corrected chi connectivity index (χ3v) is 4.23. The van der Waals surface area contributed by atoms with Crippen LogP contribution in [0.5, 0.6) is 0 Å². The van der Waals surface area contributed by atoms with Crippen LogP contribution in [0, 0.1) is 0 Å². The van der Waals surface area contributed by atoms with E-state index in [-0.39, 0.29) is 12.1 Å². The van der Waals surface area contributed by atoms with Gasteiger partial charge in [-0.3, -0.25) is 0 Å². The highest BCUT2D eigenvalue weighted by Gasteiger charge is 2.31. The van der Waals surface area contributed by atoms with Crippen LogP contribution in [-0.2, 0) is 11.3 Å². The molecule has 0 atom stereocenters. The summed E-state index contributed by atoms with van der Waals surface area (Å²) in [6.45, 7) is 1.96. The zero-order valence-corrected chi connectivity index (χ0v) is 10.8. The van der Waals surface area contributed by atoms with E-state index in [2.05, 4.69) is 5.32 Å². The van der Waals surface area contributed by atoms with E-state index in [9.17, 15) is 9.90 Å². The number of rotatable bonds is 5. The fourth-order valence-corrected chi connectivity index (χ4v) is 2.81. The van der Waals surface area contributed by atoms with E-state index < -0.39 is 5.97 Å². The zero-order chi connectivity index (χ0) is 13.0. The van der Waals surface area contributed by atoms with Crippen LogP contribution in [-0.4, -0.2) is 41.5 Å². The molecule has 18 heavy (non-hydrogen) atoms. The quantitative estimate of drug-likeness (QED) is 0.747. The molecule has 2 rings (SSSR count). The average molecular weight is 271 g/mol. The van der Waals surface area contributed by atoms with Crippen LogP contribution >= 0.6 is 11.3 Å². The SMILES string of the molecule is O=C(O)c1csc(CNC2(CO)CCOCC2)c1. The van der Waals surface area contributed by atoms with Crippen LogP contribution in [0.1, 0.15) is 28.1 Å². The molecular formula is C12H17NO4S. The molecule has 6 heteroatoms. The number of aromatic carboxylic acids is 1. The number of hydrogen-bond acceptors (Lipinski definition) is 5. The molecule has 100 valence electrons. The van der Waals surface area contributed by atoms with Gasteiger partial charge in [-0.1, -0.05) is 0 Å². The van der Waals surface area contributed by atoms with Crippen molar-refractivity contribution in [1.29, 1.82) is 0 Å². The number of carbonyl (C=O) groups is 1. The van der Waals surface area contributed by atoms with Gasteiger partial charge in [0.1, 0.15) is 0 Å². The fourth-order valence-electron chi connectivity index (χ4n) is 2.01. The largest absolute Gasteiger partial charge is 0.478 e. The topological polar surface area (TPSA) is 78.8 Å². The van der Waals surface area contributed by atoms with E-state index in [4.69, 9.17) is 9.84 Å². The van der Waals surface area contributed by atoms with Gasteiger partial charge in [-0.25, -0.2) is 4.79 Å². The molecule has 0 bridgehead atoms. The van der Waals surface area contributed by atoms with Gasteiger partial charge in [-0.2, -0.15) is 0 Å². The highest BCUT2D eigenvalue weighted by Crippen LogP contribution is 2.22. The van der Waals surface area contributed by atoms with Crippen molar-refractivity contribution in [2.45, 2.75) is 24.9 Å². The van der Waals surface area contributed by atoms with E-state index in [1.165, 1.54) is 11.3 Å². The first-order chi connectivity index (χ1) is 8.65. The Morgan fingerprint density at radius 1 is 1.50 bits per heavy atom. The Hall–Kier alpha value is -0.950. The normalized spacial score (nSPS) is 18.7. The highest BCUT2D eigenvalue weighted by molar-refractivity contribution is 7.10. The summed E-state index contributed by atoms with van der Waals surface area (Å²) in [5.74, 6) is -0.902. The third kappa shape index (κ3) is 3.08. The second-order valence-corrected chi connectivity index (χ2v) is 5.51. The summed E-state index contributed by atoms with van der Waals surface area (Å²) in [5.41, 5.74) is 0.0351. The number of aliphatic hydroxyl groups excluding tert-OH is 1. The number of ether oxygens (including phenoxy) is 1. The van der Waals surface area contributed by atoms with Gasteiger partial charge in [-0.05, 0) is 18.9 Å². The molecular weight excluding hydrogens is 254 g/mol. The molecule has 5 nitrogen and oxygen atoms in total. The molecule has 1 aliphatic rings. The lowest BCUT2D eigenvalue weighted by Gasteiger charge is -2.36. The van der Waals surface area contributed by atoms with Crippen molar-refractivity contribution in [3.63, 3.8) is 0 Å². The monoisotopic (exact) mass is 271 g/mol. The van der Waals surface area contributed by atoms with Gasteiger partial charge in [-0.15, -0.1) is 11.3 Å². The Bertz CT molecular complexity index is 412. The highest BCUT2D eigenvalue weighted by atomic mass is 32.1. The van der Waals surface area contributed by atoms with Gasteiger partial charge in [0, 0.05) is 35.6 Å². The van der Waals surface area contributed by atoms with Crippen molar-refractivity contribution in [3.8, 4) is 0 Å². The molecule has 0 spiro atoms. The molecule has 1 saturated heterocycles.